The van der Waals surface area contributed by atoms with Crippen molar-refractivity contribution in [1.82, 2.24) is 20.1 Å². The number of benzene rings is 1. The lowest BCUT2D eigenvalue weighted by Gasteiger charge is -2.30. The quantitative estimate of drug-likeness (QED) is 0.906. The summed E-state index contributed by atoms with van der Waals surface area (Å²) < 4.78 is 7.70. The molecule has 0 aliphatic carbocycles. The van der Waals surface area contributed by atoms with Gasteiger partial charge in [0.15, 0.2) is 0 Å². The number of carbonyl (C=O) groups excluding carboxylic acids is 1. The van der Waals surface area contributed by atoms with Gasteiger partial charge in [-0.3, -0.25) is 4.79 Å². The number of hydrogen-bond acceptors (Lipinski definition) is 4. The van der Waals surface area contributed by atoms with Gasteiger partial charge in [-0.2, -0.15) is 0 Å². The van der Waals surface area contributed by atoms with Crippen LogP contribution in [0.5, 0.6) is 5.75 Å². The van der Waals surface area contributed by atoms with E-state index in [1.807, 2.05) is 29.7 Å². The number of rotatable bonds is 2. The molecule has 6 nitrogen and oxygen atoms in total. The molecule has 1 aromatic carbocycles. The summed E-state index contributed by atoms with van der Waals surface area (Å²) >= 11 is 6.20. The van der Waals surface area contributed by atoms with Gasteiger partial charge in [0.1, 0.15) is 17.4 Å². The number of aryl methyl sites for hydroxylation is 2. The molecule has 0 radical (unpaired) electrons. The maximum absolute atomic E-state index is 12.8. The summed E-state index contributed by atoms with van der Waals surface area (Å²) in [5, 5.41) is 12.0. The van der Waals surface area contributed by atoms with Crippen molar-refractivity contribution < 1.29 is 9.53 Å². The standard InChI is InChI=1S/C17H19ClN4O2/c1-10-20-21-15-6-5-11(9-22(10)15)17(23)19-14-7-8-24-16-12(14)3-2-4-13(16)18/h2-4,11,14H,5-9H2,1H3,(H,19,23)/t11-,14+/m0/s1. The second-order valence-electron chi connectivity index (χ2n) is 6.37. The molecule has 2 aliphatic heterocycles. The van der Waals surface area contributed by atoms with E-state index >= 15 is 0 Å². The molecule has 2 atom stereocenters. The molecule has 24 heavy (non-hydrogen) atoms. The van der Waals surface area contributed by atoms with E-state index in [1.165, 1.54) is 0 Å². The fourth-order valence-electron chi connectivity index (χ4n) is 3.50. The van der Waals surface area contributed by atoms with Gasteiger partial charge in [0, 0.05) is 24.9 Å². The molecule has 0 unspecified atom stereocenters. The number of nitrogens with zero attached hydrogens (tertiary/aromatic N) is 3. The lowest BCUT2D eigenvalue weighted by Crippen LogP contribution is -2.39. The predicted molar refractivity (Wildman–Crippen MR) is 89.0 cm³/mol. The number of amides is 1. The van der Waals surface area contributed by atoms with Crippen molar-refractivity contribution in [2.45, 2.75) is 38.8 Å². The molecule has 2 aromatic rings. The van der Waals surface area contributed by atoms with Crippen molar-refractivity contribution in [1.29, 1.82) is 0 Å². The molecule has 126 valence electrons. The zero-order chi connectivity index (χ0) is 16.7. The van der Waals surface area contributed by atoms with Crippen LogP contribution in [0, 0.1) is 12.8 Å². The summed E-state index contributed by atoms with van der Waals surface area (Å²) in [6, 6.07) is 5.61. The van der Waals surface area contributed by atoms with Crippen LogP contribution in [0.4, 0.5) is 0 Å². The van der Waals surface area contributed by atoms with Crippen molar-refractivity contribution in [3.05, 3.63) is 40.4 Å². The number of fused-ring (bicyclic) bond motifs is 2. The number of ether oxygens (including phenoxy) is 1. The molecule has 0 spiro atoms. The molecule has 3 heterocycles. The Balaban J connectivity index is 1.50. The first-order chi connectivity index (χ1) is 11.6. The number of halogens is 1. The highest BCUT2D eigenvalue weighted by atomic mass is 35.5. The third-order valence-corrected chi connectivity index (χ3v) is 5.14. The molecule has 1 N–H and O–H groups in total. The van der Waals surface area contributed by atoms with E-state index in [9.17, 15) is 4.79 Å². The zero-order valence-electron chi connectivity index (χ0n) is 13.5. The Morgan fingerprint density at radius 1 is 1.38 bits per heavy atom. The first kappa shape index (κ1) is 15.4. The van der Waals surface area contributed by atoms with Gasteiger partial charge in [0.25, 0.3) is 0 Å². The fraction of sp³-hybridized carbons (Fsp3) is 0.471. The van der Waals surface area contributed by atoms with Gasteiger partial charge in [-0.25, -0.2) is 0 Å². The summed E-state index contributed by atoms with van der Waals surface area (Å²) in [7, 11) is 0. The first-order valence-electron chi connectivity index (χ1n) is 8.23. The van der Waals surface area contributed by atoms with Crippen LogP contribution in [0.15, 0.2) is 18.2 Å². The van der Waals surface area contributed by atoms with Crippen LogP contribution in [0.2, 0.25) is 5.02 Å². The molecule has 1 amide bonds. The maximum Gasteiger partial charge on any atom is 0.225 e. The van der Waals surface area contributed by atoms with Gasteiger partial charge in [-0.05, 0) is 19.4 Å². The normalized spacial score (nSPS) is 22.2. The van der Waals surface area contributed by atoms with Crippen molar-refractivity contribution in [2.24, 2.45) is 5.92 Å². The van der Waals surface area contributed by atoms with E-state index in [-0.39, 0.29) is 17.9 Å². The summed E-state index contributed by atoms with van der Waals surface area (Å²) in [6.45, 7) is 3.13. The molecule has 1 aromatic heterocycles. The first-order valence-corrected chi connectivity index (χ1v) is 8.61. The number of aromatic nitrogens is 3. The van der Waals surface area contributed by atoms with Crippen LogP contribution in [0.3, 0.4) is 0 Å². The summed E-state index contributed by atoms with van der Waals surface area (Å²) in [4.78, 5) is 12.8. The van der Waals surface area contributed by atoms with Crippen molar-refractivity contribution in [3.8, 4) is 5.75 Å². The minimum Gasteiger partial charge on any atom is -0.492 e. The monoisotopic (exact) mass is 346 g/mol. The average Bonchev–Trinajstić information content (AvgIpc) is 2.96. The van der Waals surface area contributed by atoms with Crippen LogP contribution in [0.25, 0.3) is 0 Å². The Morgan fingerprint density at radius 2 is 2.25 bits per heavy atom. The summed E-state index contributed by atoms with van der Waals surface area (Å²) in [5.41, 5.74) is 0.957. The average molecular weight is 347 g/mol. The Bertz CT molecular complexity index is 789. The topological polar surface area (TPSA) is 69.0 Å². The van der Waals surface area contributed by atoms with Gasteiger partial charge in [-0.15, -0.1) is 10.2 Å². The minimum absolute atomic E-state index is 0.0524. The van der Waals surface area contributed by atoms with Crippen molar-refractivity contribution >= 4 is 17.5 Å². The van der Waals surface area contributed by atoms with Gasteiger partial charge in [0.05, 0.1) is 23.6 Å². The van der Waals surface area contributed by atoms with E-state index in [0.29, 0.717) is 23.9 Å². The van der Waals surface area contributed by atoms with Crippen LogP contribution in [0.1, 0.15) is 36.1 Å². The van der Waals surface area contributed by atoms with Crippen LogP contribution < -0.4 is 10.1 Å². The largest absolute Gasteiger partial charge is 0.492 e. The molecule has 0 fully saturated rings. The van der Waals surface area contributed by atoms with Gasteiger partial charge >= 0.3 is 0 Å². The van der Waals surface area contributed by atoms with Crippen molar-refractivity contribution in [3.63, 3.8) is 0 Å². The SMILES string of the molecule is Cc1nnc2n1C[C@@H](C(=O)N[C@@H]1CCOc3c(Cl)cccc31)CC2. The lowest BCUT2D eigenvalue weighted by atomic mass is 9.95. The number of carbonyl (C=O) groups is 1. The maximum atomic E-state index is 12.8. The number of para-hydroxylation sites is 1. The van der Waals surface area contributed by atoms with Gasteiger partial charge < -0.3 is 14.6 Å². The molecular weight excluding hydrogens is 328 g/mol. The van der Waals surface area contributed by atoms with E-state index < -0.39 is 0 Å². The molecule has 0 saturated carbocycles. The summed E-state index contributed by atoms with van der Waals surface area (Å²) in [5.74, 6) is 2.55. The minimum atomic E-state index is -0.0577. The third kappa shape index (κ3) is 2.65. The smallest absolute Gasteiger partial charge is 0.225 e. The Morgan fingerprint density at radius 3 is 3.12 bits per heavy atom. The van der Waals surface area contributed by atoms with Gasteiger partial charge in [-0.1, -0.05) is 23.7 Å². The van der Waals surface area contributed by atoms with Crippen molar-refractivity contribution in [2.75, 3.05) is 6.61 Å². The number of hydrogen-bond donors (Lipinski definition) is 1. The Labute approximate surface area is 145 Å². The van der Waals surface area contributed by atoms with Crippen LogP contribution >= 0.6 is 11.6 Å². The highest BCUT2D eigenvalue weighted by Gasteiger charge is 2.30. The van der Waals surface area contributed by atoms with E-state index in [2.05, 4.69) is 15.5 Å². The van der Waals surface area contributed by atoms with E-state index in [0.717, 1.165) is 36.5 Å². The van der Waals surface area contributed by atoms with Crippen LogP contribution in [-0.4, -0.2) is 27.3 Å². The molecule has 7 heteroatoms. The second-order valence-corrected chi connectivity index (χ2v) is 6.77. The number of nitrogens with one attached hydrogen (secondary N) is 1. The van der Waals surface area contributed by atoms with E-state index in [4.69, 9.17) is 16.3 Å². The molecular formula is C17H19ClN4O2. The lowest BCUT2D eigenvalue weighted by molar-refractivity contribution is -0.126. The highest BCUT2D eigenvalue weighted by Crippen LogP contribution is 2.37. The third-order valence-electron chi connectivity index (χ3n) is 4.84. The molecule has 2 aliphatic rings. The van der Waals surface area contributed by atoms with E-state index in [1.54, 1.807) is 0 Å². The highest BCUT2D eigenvalue weighted by molar-refractivity contribution is 6.32. The molecule has 0 saturated heterocycles. The second kappa shape index (κ2) is 6.09. The zero-order valence-corrected chi connectivity index (χ0v) is 14.2. The molecule has 4 rings (SSSR count). The van der Waals surface area contributed by atoms with Gasteiger partial charge in [0.2, 0.25) is 5.91 Å². The predicted octanol–water partition coefficient (Wildman–Crippen LogP) is 2.44. The Kier molecular flexibility index (Phi) is 3.92. The fourth-order valence-corrected chi connectivity index (χ4v) is 3.74. The van der Waals surface area contributed by atoms with Crippen LogP contribution in [-0.2, 0) is 17.8 Å². The Hall–Kier alpha value is -2.08. The summed E-state index contributed by atoms with van der Waals surface area (Å²) in [6.07, 6.45) is 2.34. The molecule has 0 bridgehead atoms.